The Balaban J connectivity index is 1.32. The molecule has 0 spiro atoms. The van der Waals surface area contributed by atoms with E-state index >= 15 is 0 Å². The molecule has 0 atom stereocenters. The van der Waals surface area contributed by atoms with Crippen LogP contribution in [0.15, 0.2) is 48.5 Å². The Bertz CT molecular complexity index is 1200. The van der Waals surface area contributed by atoms with Gasteiger partial charge in [-0.1, -0.05) is 36.4 Å². The fourth-order valence-electron chi connectivity index (χ4n) is 4.91. The van der Waals surface area contributed by atoms with Crippen LogP contribution in [0.2, 0.25) is 0 Å². The fraction of sp³-hybridized carbons (Fsp3) is 0.444. The quantitative estimate of drug-likeness (QED) is 0.556. The van der Waals surface area contributed by atoms with Crippen LogP contribution in [-0.2, 0) is 15.9 Å². The van der Waals surface area contributed by atoms with E-state index in [1.54, 1.807) is 11.3 Å². The van der Waals surface area contributed by atoms with Gasteiger partial charge in [0.15, 0.2) is 0 Å². The van der Waals surface area contributed by atoms with Gasteiger partial charge in [-0.25, -0.2) is 0 Å². The van der Waals surface area contributed by atoms with Gasteiger partial charge in [0.2, 0.25) is 0 Å². The zero-order chi connectivity index (χ0) is 24.1. The van der Waals surface area contributed by atoms with Gasteiger partial charge in [0.25, 0.3) is 5.91 Å². The minimum absolute atomic E-state index is 0.121. The van der Waals surface area contributed by atoms with E-state index in [1.807, 2.05) is 23.1 Å². The number of hydrogen-bond acceptors (Lipinski definition) is 5. The van der Waals surface area contributed by atoms with Crippen LogP contribution in [-0.4, -0.2) is 42.2 Å². The van der Waals surface area contributed by atoms with Crippen molar-refractivity contribution in [1.29, 1.82) is 0 Å². The first-order chi connectivity index (χ1) is 16.2. The van der Waals surface area contributed by atoms with E-state index in [4.69, 9.17) is 15.0 Å². The molecule has 0 unspecified atom stereocenters. The lowest BCUT2D eigenvalue weighted by atomic mass is 9.77. The molecule has 3 heterocycles. The maximum Gasteiger partial charge on any atom is 0.495 e. The molecule has 7 heteroatoms. The molecule has 0 radical (unpaired) electrons. The number of thiophene rings is 1. The van der Waals surface area contributed by atoms with Gasteiger partial charge >= 0.3 is 7.12 Å². The molecule has 2 aliphatic rings. The van der Waals surface area contributed by atoms with Gasteiger partial charge < -0.3 is 19.9 Å². The minimum Gasteiger partial charge on any atom is -0.399 e. The monoisotopic (exact) mass is 476 g/mol. The van der Waals surface area contributed by atoms with E-state index in [9.17, 15) is 4.79 Å². The third-order valence-electron chi connectivity index (χ3n) is 7.75. The predicted molar refractivity (Wildman–Crippen MR) is 140 cm³/mol. The Hall–Kier alpha value is -2.19. The van der Waals surface area contributed by atoms with Crippen molar-refractivity contribution in [2.24, 2.45) is 5.73 Å². The van der Waals surface area contributed by atoms with Crippen LogP contribution in [0.4, 0.5) is 0 Å². The SMILES string of the molecule is CC1(C)OB(c2cccc3sc(C(=O)N4CCC(c5cccc(CN)c5)CC4)cc23)OC1(C)C. The molecule has 2 fully saturated rings. The van der Waals surface area contributed by atoms with E-state index in [-0.39, 0.29) is 5.91 Å². The first-order valence-electron chi connectivity index (χ1n) is 12.1. The highest BCUT2D eigenvalue weighted by Gasteiger charge is 2.52. The summed E-state index contributed by atoms with van der Waals surface area (Å²) < 4.78 is 13.7. The molecular weight excluding hydrogens is 443 g/mol. The molecule has 1 aromatic heterocycles. The highest BCUT2D eigenvalue weighted by Crippen LogP contribution is 2.38. The van der Waals surface area contributed by atoms with Gasteiger partial charge in [0.1, 0.15) is 0 Å². The van der Waals surface area contributed by atoms with Crippen molar-refractivity contribution in [3.8, 4) is 0 Å². The van der Waals surface area contributed by atoms with Crippen LogP contribution in [0.5, 0.6) is 0 Å². The number of carbonyl (C=O) groups is 1. The van der Waals surface area contributed by atoms with Crippen LogP contribution < -0.4 is 11.2 Å². The minimum atomic E-state index is -0.439. The molecule has 2 aromatic carbocycles. The summed E-state index contributed by atoms with van der Waals surface area (Å²) in [5.74, 6) is 0.600. The summed E-state index contributed by atoms with van der Waals surface area (Å²) in [5.41, 5.74) is 8.51. The standard InChI is InChI=1S/C27H33BN2O3S/c1-26(2)27(3,4)33-28(32-26)22-9-6-10-23-21(22)16-24(34-23)25(31)30-13-11-19(12-14-30)20-8-5-7-18(15-20)17-29/h5-10,15-16,19H,11-14,17,29H2,1-4H3. The van der Waals surface area contributed by atoms with Crippen molar-refractivity contribution in [2.75, 3.05) is 13.1 Å². The van der Waals surface area contributed by atoms with Gasteiger partial charge in [-0.2, -0.15) is 0 Å². The third-order valence-corrected chi connectivity index (χ3v) is 8.84. The number of piperidine rings is 1. The van der Waals surface area contributed by atoms with Crippen LogP contribution in [0, 0.1) is 0 Å². The van der Waals surface area contributed by atoms with Crippen molar-refractivity contribution < 1.29 is 14.1 Å². The molecule has 0 aliphatic carbocycles. The van der Waals surface area contributed by atoms with Crippen molar-refractivity contribution in [2.45, 2.75) is 64.2 Å². The number of nitrogens with two attached hydrogens (primary N) is 1. The van der Waals surface area contributed by atoms with Crippen LogP contribution in [0.1, 0.15) is 67.3 Å². The number of fused-ring (bicyclic) bond motifs is 1. The second kappa shape index (κ2) is 8.79. The van der Waals surface area contributed by atoms with E-state index in [1.165, 1.54) is 11.1 Å². The van der Waals surface area contributed by atoms with E-state index in [0.717, 1.165) is 46.4 Å². The number of carbonyl (C=O) groups excluding carboxylic acids is 1. The second-order valence-corrected chi connectivity index (χ2v) is 11.6. The van der Waals surface area contributed by atoms with Crippen molar-refractivity contribution in [3.05, 3.63) is 64.5 Å². The van der Waals surface area contributed by atoms with Crippen molar-refractivity contribution in [1.82, 2.24) is 4.90 Å². The lowest BCUT2D eigenvalue weighted by Gasteiger charge is -2.32. The summed E-state index contributed by atoms with van der Waals surface area (Å²) in [6.45, 7) is 10.4. The van der Waals surface area contributed by atoms with Crippen LogP contribution >= 0.6 is 11.3 Å². The Morgan fingerprint density at radius 3 is 2.41 bits per heavy atom. The van der Waals surface area contributed by atoms with Gasteiger partial charge in [0, 0.05) is 24.3 Å². The summed E-state index contributed by atoms with van der Waals surface area (Å²) in [6.07, 6.45) is 1.95. The molecule has 34 heavy (non-hydrogen) atoms. The lowest BCUT2D eigenvalue weighted by Crippen LogP contribution is -2.41. The largest absolute Gasteiger partial charge is 0.495 e. The zero-order valence-electron chi connectivity index (χ0n) is 20.5. The normalized spacial score (nSPS) is 20.3. The summed E-state index contributed by atoms with van der Waals surface area (Å²) in [6, 6.07) is 16.7. The lowest BCUT2D eigenvalue weighted by molar-refractivity contribution is 0.00578. The third kappa shape index (κ3) is 4.20. The number of benzene rings is 2. The molecule has 0 saturated carbocycles. The van der Waals surface area contributed by atoms with Gasteiger partial charge in [0.05, 0.1) is 16.1 Å². The molecule has 1 amide bonds. The van der Waals surface area contributed by atoms with Gasteiger partial charge in [-0.05, 0) is 80.6 Å². The smallest absolute Gasteiger partial charge is 0.399 e. The van der Waals surface area contributed by atoms with Crippen LogP contribution in [0.3, 0.4) is 0 Å². The zero-order valence-corrected chi connectivity index (χ0v) is 21.3. The summed E-state index contributed by atoms with van der Waals surface area (Å²) >= 11 is 1.56. The first-order valence-corrected chi connectivity index (χ1v) is 13.0. The Kier molecular flexibility index (Phi) is 6.09. The summed E-state index contributed by atoms with van der Waals surface area (Å²) in [5, 5.41) is 1.04. The van der Waals surface area contributed by atoms with Crippen molar-refractivity contribution >= 4 is 39.9 Å². The molecule has 2 N–H and O–H groups in total. The topological polar surface area (TPSA) is 64.8 Å². The molecule has 5 rings (SSSR count). The summed E-state index contributed by atoms with van der Waals surface area (Å²) in [7, 11) is -0.439. The maximum atomic E-state index is 13.4. The number of rotatable bonds is 4. The van der Waals surface area contributed by atoms with E-state index in [0.29, 0.717) is 12.5 Å². The Morgan fingerprint density at radius 2 is 1.74 bits per heavy atom. The van der Waals surface area contributed by atoms with E-state index < -0.39 is 18.3 Å². The molecule has 5 nitrogen and oxygen atoms in total. The Labute approximate surface area is 206 Å². The maximum absolute atomic E-state index is 13.4. The summed E-state index contributed by atoms with van der Waals surface area (Å²) in [4.78, 5) is 16.2. The number of likely N-dealkylation sites (tertiary alicyclic amines) is 1. The number of amides is 1. The molecule has 2 aliphatic heterocycles. The predicted octanol–water partition coefficient (Wildman–Crippen LogP) is 4.68. The molecule has 2 saturated heterocycles. The average molecular weight is 476 g/mol. The average Bonchev–Trinajstić information content (AvgIpc) is 3.36. The molecular formula is C27H33BN2O3S. The number of hydrogen-bond donors (Lipinski definition) is 1. The van der Waals surface area contributed by atoms with Gasteiger partial charge in [-0.3, -0.25) is 4.79 Å². The molecule has 178 valence electrons. The fourth-order valence-corrected chi connectivity index (χ4v) is 5.97. The Morgan fingerprint density at radius 1 is 1.06 bits per heavy atom. The molecule has 3 aromatic rings. The van der Waals surface area contributed by atoms with Gasteiger partial charge in [-0.15, -0.1) is 11.3 Å². The first kappa shape index (κ1) is 23.6. The molecule has 0 bridgehead atoms. The number of nitrogens with zero attached hydrogens (tertiary/aromatic N) is 1. The highest BCUT2D eigenvalue weighted by molar-refractivity contribution is 7.21. The van der Waals surface area contributed by atoms with E-state index in [2.05, 4.69) is 58.0 Å². The second-order valence-electron chi connectivity index (χ2n) is 10.5. The van der Waals surface area contributed by atoms with Crippen LogP contribution in [0.25, 0.3) is 10.1 Å². The van der Waals surface area contributed by atoms with Crippen molar-refractivity contribution in [3.63, 3.8) is 0 Å². The highest BCUT2D eigenvalue weighted by atomic mass is 32.1.